The van der Waals surface area contributed by atoms with E-state index in [2.05, 4.69) is 4.98 Å². The Morgan fingerprint density at radius 3 is 2.59 bits per heavy atom. The fourth-order valence-corrected chi connectivity index (χ4v) is 4.21. The van der Waals surface area contributed by atoms with Gasteiger partial charge in [0.25, 0.3) is 0 Å². The maximum atomic E-state index is 12.8. The number of fused-ring (bicyclic) bond motifs is 1. The van der Waals surface area contributed by atoms with E-state index in [-0.39, 0.29) is 13.1 Å². The highest BCUT2D eigenvalue weighted by Gasteiger charge is 2.39. The molecular weight excluding hydrogens is 481 g/mol. The first kappa shape index (κ1) is 24.1. The SMILES string of the molecule is COC(=O)C1CN(c2cc(-n3ccnc3)c3ccc(Cl)c(Cl)c3n2)CCN1C(=O)OC(C)(C)C. The number of carbonyl (C=O) groups is 2. The predicted octanol–water partition coefficient (Wildman–Crippen LogP) is 4.33. The third-order valence-corrected chi connectivity index (χ3v) is 6.22. The molecule has 1 aliphatic rings. The van der Waals surface area contributed by atoms with Gasteiger partial charge < -0.3 is 18.9 Å². The Labute approximate surface area is 207 Å². The molecule has 0 radical (unpaired) electrons. The summed E-state index contributed by atoms with van der Waals surface area (Å²) >= 11 is 12.8. The largest absolute Gasteiger partial charge is 0.467 e. The lowest BCUT2D eigenvalue weighted by molar-refractivity contribution is -0.147. The Hall–Kier alpha value is -3.04. The molecule has 1 unspecified atom stereocenters. The van der Waals surface area contributed by atoms with E-state index < -0.39 is 23.7 Å². The minimum atomic E-state index is -0.863. The van der Waals surface area contributed by atoms with Crippen molar-refractivity contribution in [2.75, 3.05) is 31.6 Å². The minimum absolute atomic E-state index is 0.173. The van der Waals surface area contributed by atoms with Crippen LogP contribution in [-0.2, 0) is 14.3 Å². The lowest BCUT2D eigenvalue weighted by Crippen LogP contribution is -2.59. The van der Waals surface area contributed by atoms with Crippen molar-refractivity contribution in [3.8, 4) is 5.69 Å². The van der Waals surface area contributed by atoms with E-state index in [4.69, 9.17) is 37.7 Å². The van der Waals surface area contributed by atoms with Crippen LogP contribution in [0.15, 0.2) is 36.9 Å². The zero-order valence-corrected chi connectivity index (χ0v) is 20.8. The van der Waals surface area contributed by atoms with Crippen molar-refractivity contribution in [2.24, 2.45) is 0 Å². The van der Waals surface area contributed by atoms with Gasteiger partial charge in [0, 0.05) is 36.9 Å². The topological polar surface area (TPSA) is 89.8 Å². The third kappa shape index (κ3) is 4.76. The van der Waals surface area contributed by atoms with E-state index >= 15 is 0 Å². The number of methoxy groups -OCH3 is 1. The van der Waals surface area contributed by atoms with Crippen molar-refractivity contribution in [1.82, 2.24) is 19.4 Å². The average molecular weight is 506 g/mol. The molecule has 11 heteroatoms. The molecule has 1 saturated heterocycles. The molecule has 9 nitrogen and oxygen atoms in total. The van der Waals surface area contributed by atoms with Crippen LogP contribution in [0.2, 0.25) is 10.0 Å². The number of rotatable bonds is 3. The van der Waals surface area contributed by atoms with Gasteiger partial charge >= 0.3 is 12.1 Å². The fraction of sp³-hybridized carbons (Fsp3) is 0.391. The molecular formula is C23H25Cl2N5O4. The van der Waals surface area contributed by atoms with Crippen LogP contribution in [0.3, 0.4) is 0 Å². The number of aromatic nitrogens is 3. The molecule has 4 rings (SSSR count). The molecule has 1 aliphatic heterocycles. The Morgan fingerprint density at radius 1 is 1.18 bits per heavy atom. The van der Waals surface area contributed by atoms with Crippen LogP contribution in [0.5, 0.6) is 0 Å². The van der Waals surface area contributed by atoms with Crippen molar-refractivity contribution < 1.29 is 19.1 Å². The Kier molecular flexibility index (Phi) is 6.60. The van der Waals surface area contributed by atoms with E-state index in [0.29, 0.717) is 27.9 Å². The molecule has 180 valence electrons. The van der Waals surface area contributed by atoms with Crippen molar-refractivity contribution in [2.45, 2.75) is 32.4 Å². The number of halogens is 2. The standard InChI is InChI=1S/C23H25Cl2N5O4/c1-23(2,3)34-22(32)30-10-9-28(12-17(30)21(31)33-4)18-11-16(29-8-7-26-13-29)14-5-6-15(24)19(25)20(14)27-18/h5-8,11,13,17H,9-10,12H2,1-4H3. The van der Waals surface area contributed by atoms with Crippen LogP contribution in [0.1, 0.15) is 20.8 Å². The summed E-state index contributed by atoms with van der Waals surface area (Å²) in [4.78, 5) is 37.6. The number of amides is 1. The number of carbonyl (C=O) groups excluding carboxylic acids is 2. The van der Waals surface area contributed by atoms with Gasteiger partial charge in [0.15, 0.2) is 6.04 Å². The first-order chi connectivity index (χ1) is 16.1. The van der Waals surface area contributed by atoms with Crippen LogP contribution >= 0.6 is 23.2 Å². The summed E-state index contributed by atoms with van der Waals surface area (Å²) in [6.45, 7) is 6.18. The van der Waals surface area contributed by atoms with Crippen LogP contribution in [-0.4, -0.2) is 69.9 Å². The summed E-state index contributed by atoms with van der Waals surface area (Å²) < 4.78 is 12.3. The van der Waals surface area contributed by atoms with Crippen LogP contribution in [0, 0.1) is 0 Å². The zero-order valence-electron chi connectivity index (χ0n) is 19.3. The highest BCUT2D eigenvalue weighted by molar-refractivity contribution is 6.45. The second-order valence-corrected chi connectivity index (χ2v) is 9.67. The second-order valence-electron chi connectivity index (χ2n) is 8.89. The molecule has 1 aromatic carbocycles. The van der Waals surface area contributed by atoms with E-state index in [1.54, 1.807) is 39.4 Å². The third-order valence-electron chi connectivity index (χ3n) is 5.43. The quantitative estimate of drug-likeness (QED) is 0.489. The maximum absolute atomic E-state index is 12.8. The molecule has 0 saturated carbocycles. The normalized spacial score (nSPS) is 16.6. The lowest BCUT2D eigenvalue weighted by atomic mass is 10.1. The number of imidazole rings is 1. The molecule has 0 N–H and O–H groups in total. The molecule has 1 atom stereocenters. The monoisotopic (exact) mass is 505 g/mol. The first-order valence-corrected chi connectivity index (χ1v) is 11.4. The van der Waals surface area contributed by atoms with Crippen molar-refractivity contribution in [3.05, 3.63) is 47.0 Å². The number of anilines is 1. The van der Waals surface area contributed by atoms with E-state index in [1.165, 1.54) is 12.0 Å². The molecule has 0 spiro atoms. The van der Waals surface area contributed by atoms with Gasteiger partial charge in [0.2, 0.25) is 0 Å². The summed E-state index contributed by atoms with van der Waals surface area (Å²) in [5, 5.41) is 1.52. The van der Waals surface area contributed by atoms with Gasteiger partial charge in [-0.15, -0.1) is 0 Å². The molecule has 1 amide bonds. The smallest absolute Gasteiger partial charge is 0.411 e. The second kappa shape index (κ2) is 9.31. The Balaban J connectivity index is 1.74. The highest BCUT2D eigenvalue weighted by Crippen LogP contribution is 2.35. The molecule has 2 aromatic heterocycles. The number of esters is 1. The number of pyridine rings is 1. The number of benzene rings is 1. The Bertz CT molecular complexity index is 1230. The summed E-state index contributed by atoms with van der Waals surface area (Å²) in [5.74, 6) is 0.0466. The molecule has 0 aliphatic carbocycles. The Morgan fingerprint density at radius 2 is 1.94 bits per heavy atom. The first-order valence-electron chi connectivity index (χ1n) is 10.7. The van der Waals surface area contributed by atoms with Gasteiger partial charge in [0.05, 0.1) is 41.2 Å². The average Bonchev–Trinajstić information content (AvgIpc) is 3.33. The van der Waals surface area contributed by atoms with Crippen molar-refractivity contribution in [1.29, 1.82) is 0 Å². The highest BCUT2D eigenvalue weighted by atomic mass is 35.5. The van der Waals surface area contributed by atoms with E-state index in [9.17, 15) is 9.59 Å². The maximum Gasteiger partial charge on any atom is 0.411 e. The van der Waals surface area contributed by atoms with Crippen LogP contribution in [0.25, 0.3) is 16.6 Å². The zero-order chi connectivity index (χ0) is 24.6. The number of hydrogen-bond donors (Lipinski definition) is 0. The lowest BCUT2D eigenvalue weighted by Gasteiger charge is -2.40. The minimum Gasteiger partial charge on any atom is -0.467 e. The molecule has 0 bridgehead atoms. The van der Waals surface area contributed by atoms with E-state index in [1.807, 2.05) is 27.8 Å². The number of nitrogens with zero attached hydrogens (tertiary/aromatic N) is 5. The number of hydrogen-bond acceptors (Lipinski definition) is 7. The van der Waals surface area contributed by atoms with Gasteiger partial charge in [-0.1, -0.05) is 23.2 Å². The van der Waals surface area contributed by atoms with Gasteiger partial charge in [0.1, 0.15) is 11.4 Å². The molecule has 3 aromatic rings. The summed E-state index contributed by atoms with van der Waals surface area (Å²) in [6.07, 6.45) is 4.61. The summed E-state index contributed by atoms with van der Waals surface area (Å²) in [7, 11) is 1.29. The summed E-state index contributed by atoms with van der Waals surface area (Å²) in [6, 6.07) is 4.61. The molecule has 1 fully saturated rings. The van der Waals surface area contributed by atoms with E-state index in [0.717, 1.165) is 11.1 Å². The van der Waals surface area contributed by atoms with Crippen LogP contribution < -0.4 is 4.90 Å². The van der Waals surface area contributed by atoms with Gasteiger partial charge in [-0.05, 0) is 32.9 Å². The van der Waals surface area contributed by atoms with Gasteiger partial charge in [-0.3, -0.25) is 4.90 Å². The van der Waals surface area contributed by atoms with Crippen molar-refractivity contribution in [3.63, 3.8) is 0 Å². The number of piperazine rings is 1. The molecule has 3 heterocycles. The van der Waals surface area contributed by atoms with Gasteiger partial charge in [-0.25, -0.2) is 19.6 Å². The summed E-state index contributed by atoms with van der Waals surface area (Å²) in [5.41, 5.74) is 0.643. The van der Waals surface area contributed by atoms with Gasteiger partial charge in [-0.2, -0.15) is 0 Å². The predicted molar refractivity (Wildman–Crippen MR) is 130 cm³/mol. The number of ether oxygens (including phenoxy) is 2. The molecule has 34 heavy (non-hydrogen) atoms. The fourth-order valence-electron chi connectivity index (χ4n) is 3.85. The van der Waals surface area contributed by atoms with Crippen LogP contribution in [0.4, 0.5) is 10.6 Å². The van der Waals surface area contributed by atoms with Crippen molar-refractivity contribution >= 4 is 52.0 Å².